The lowest BCUT2D eigenvalue weighted by Gasteiger charge is -2.06. The number of fused-ring (bicyclic) bond motifs is 3. The quantitative estimate of drug-likeness (QED) is 0.439. The number of rotatable bonds is 2. The van der Waals surface area contributed by atoms with Crippen LogP contribution < -0.4 is 16.6 Å². The van der Waals surface area contributed by atoms with Crippen molar-refractivity contribution < 1.29 is 0 Å². The molecule has 4 rings (SSSR count). The number of imidazole rings is 1. The fourth-order valence-corrected chi connectivity index (χ4v) is 3.02. The SMILES string of the molecule is O=c1[nH]c(=O)c2c(ccc3[nH]c(Nc4c(Cl)cccc4Cl)nc32)[nH]1. The number of hydrogen-bond acceptors (Lipinski definition) is 4. The fourth-order valence-electron chi connectivity index (χ4n) is 2.52. The van der Waals surface area contributed by atoms with Crippen molar-refractivity contribution in [3.8, 4) is 0 Å². The maximum absolute atomic E-state index is 12.1. The number of aromatic amines is 3. The predicted molar refractivity (Wildman–Crippen MR) is 94.6 cm³/mol. The van der Waals surface area contributed by atoms with E-state index in [9.17, 15) is 9.59 Å². The third kappa shape index (κ3) is 2.34. The summed E-state index contributed by atoms with van der Waals surface area (Å²) in [6, 6.07) is 8.49. The highest BCUT2D eigenvalue weighted by molar-refractivity contribution is 6.39. The normalized spacial score (nSPS) is 11.2. The lowest BCUT2D eigenvalue weighted by Crippen LogP contribution is -2.21. The van der Waals surface area contributed by atoms with E-state index in [2.05, 4.69) is 25.3 Å². The zero-order valence-electron chi connectivity index (χ0n) is 11.9. The van der Waals surface area contributed by atoms with Crippen LogP contribution in [0.1, 0.15) is 0 Å². The number of H-pyrrole nitrogens is 3. The molecule has 0 aliphatic carbocycles. The molecule has 0 bridgehead atoms. The predicted octanol–water partition coefficient (Wildman–Crippen LogP) is 3.14. The average Bonchev–Trinajstić information content (AvgIpc) is 2.93. The van der Waals surface area contributed by atoms with Crippen molar-refractivity contribution >= 4 is 56.8 Å². The van der Waals surface area contributed by atoms with Gasteiger partial charge in [-0.2, -0.15) is 0 Å². The molecule has 0 amide bonds. The number of nitrogens with one attached hydrogen (secondary N) is 4. The molecule has 2 heterocycles. The standard InChI is InChI=1S/C15H9Cl2N5O2/c16-6-2-1-3-7(17)11(6)20-14-18-9-5-4-8-10(12(9)21-14)13(23)22-15(24)19-8/h1-5H,(H2,18,20,21)(H2,19,22,23,24). The Morgan fingerprint density at radius 3 is 2.38 bits per heavy atom. The van der Waals surface area contributed by atoms with Gasteiger partial charge in [-0.15, -0.1) is 0 Å². The van der Waals surface area contributed by atoms with E-state index >= 15 is 0 Å². The molecule has 0 spiro atoms. The van der Waals surface area contributed by atoms with Gasteiger partial charge in [0.05, 0.1) is 32.2 Å². The Balaban J connectivity index is 1.92. The third-order valence-corrected chi connectivity index (χ3v) is 4.19. The van der Waals surface area contributed by atoms with Crippen molar-refractivity contribution in [3.05, 3.63) is 61.2 Å². The number of halogens is 2. The second-order valence-corrected chi connectivity index (χ2v) is 5.91. The highest BCUT2D eigenvalue weighted by Gasteiger charge is 2.13. The van der Waals surface area contributed by atoms with Gasteiger partial charge in [-0.3, -0.25) is 9.78 Å². The third-order valence-electron chi connectivity index (χ3n) is 3.56. The lowest BCUT2D eigenvalue weighted by molar-refractivity contribution is 1.08. The number of anilines is 2. The van der Waals surface area contributed by atoms with Crippen LogP contribution in [0.4, 0.5) is 11.6 Å². The number of nitrogens with zero attached hydrogens (tertiary/aromatic N) is 1. The maximum Gasteiger partial charge on any atom is 0.326 e. The molecule has 9 heteroatoms. The number of hydrogen-bond donors (Lipinski definition) is 4. The minimum Gasteiger partial charge on any atom is -0.324 e. The largest absolute Gasteiger partial charge is 0.326 e. The minimum atomic E-state index is -0.566. The van der Waals surface area contributed by atoms with Gasteiger partial charge in [0.25, 0.3) is 5.56 Å². The Kier molecular flexibility index (Phi) is 3.33. The Hall–Kier alpha value is -2.77. The maximum atomic E-state index is 12.1. The molecular formula is C15H9Cl2N5O2. The second kappa shape index (κ2) is 5.40. The lowest BCUT2D eigenvalue weighted by atomic mass is 10.2. The first-order chi connectivity index (χ1) is 11.5. The monoisotopic (exact) mass is 361 g/mol. The van der Waals surface area contributed by atoms with Crippen LogP contribution in [0.3, 0.4) is 0 Å². The first-order valence-electron chi connectivity index (χ1n) is 6.89. The molecule has 120 valence electrons. The van der Waals surface area contributed by atoms with Crippen molar-refractivity contribution in [2.75, 3.05) is 5.32 Å². The summed E-state index contributed by atoms with van der Waals surface area (Å²) in [5.41, 5.74) is 0.898. The van der Waals surface area contributed by atoms with Gasteiger partial charge in [0, 0.05) is 0 Å². The first-order valence-corrected chi connectivity index (χ1v) is 7.64. The molecule has 0 unspecified atom stereocenters. The van der Waals surface area contributed by atoms with E-state index < -0.39 is 11.2 Å². The second-order valence-electron chi connectivity index (χ2n) is 5.10. The molecule has 7 nitrogen and oxygen atoms in total. The molecule has 0 atom stereocenters. The first kappa shape index (κ1) is 14.8. The minimum absolute atomic E-state index is 0.293. The summed E-state index contributed by atoms with van der Waals surface area (Å²) < 4.78 is 0. The highest BCUT2D eigenvalue weighted by atomic mass is 35.5. The number of aromatic nitrogens is 4. The summed E-state index contributed by atoms with van der Waals surface area (Å²) >= 11 is 12.3. The molecular weight excluding hydrogens is 353 g/mol. The number of benzene rings is 2. The molecule has 0 aliphatic rings. The molecule has 0 aliphatic heterocycles. The van der Waals surface area contributed by atoms with Gasteiger partial charge in [0.15, 0.2) is 0 Å². The van der Waals surface area contributed by atoms with Crippen molar-refractivity contribution in [1.29, 1.82) is 0 Å². The van der Waals surface area contributed by atoms with Crippen molar-refractivity contribution in [3.63, 3.8) is 0 Å². The van der Waals surface area contributed by atoms with Gasteiger partial charge in [0.2, 0.25) is 5.95 Å². The van der Waals surface area contributed by atoms with Crippen molar-refractivity contribution in [1.82, 2.24) is 19.9 Å². The molecule has 2 aromatic heterocycles. The summed E-state index contributed by atoms with van der Waals surface area (Å²) in [4.78, 5) is 35.7. The molecule has 0 fully saturated rings. The molecule has 4 aromatic rings. The van der Waals surface area contributed by atoms with E-state index in [1.807, 2.05) is 0 Å². The van der Waals surface area contributed by atoms with Crippen LogP contribution in [-0.2, 0) is 0 Å². The number of para-hydroxylation sites is 1. The zero-order chi connectivity index (χ0) is 16.8. The summed E-state index contributed by atoms with van der Waals surface area (Å²) in [7, 11) is 0. The van der Waals surface area contributed by atoms with Crippen LogP contribution in [0.5, 0.6) is 0 Å². The molecule has 24 heavy (non-hydrogen) atoms. The van der Waals surface area contributed by atoms with E-state index in [0.717, 1.165) is 0 Å². The summed E-state index contributed by atoms with van der Waals surface area (Å²) in [6.07, 6.45) is 0. The highest BCUT2D eigenvalue weighted by Crippen LogP contribution is 2.32. The summed E-state index contributed by atoms with van der Waals surface area (Å²) in [5, 5.41) is 4.18. The van der Waals surface area contributed by atoms with E-state index in [-0.39, 0.29) is 0 Å². The van der Waals surface area contributed by atoms with E-state index in [1.54, 1.807) is 30.3 Å². The van der Waals surface area contributed by atoms with Gasteiger partial charge in [-0.05, 0) is 24.3 Å². The molecule has 0 saturated heterocycles. The summed E-state index contributed by atoms with van der Waals surface area (Å²) in [5.74, 6) is 0.373. The van der Waals surface area contributed by atoms with Crippen molar-refractivity contribution in [2.45, 2.75) is 0 Å². The fraction of sp³-hybridized carbons (Fsp3) is 0. The molecule has 0 saturated carbocycles. The Labute approximate surface area is 143 Å². The Bertz CT molecular complexity index is 1190. The van der Waals surface area contributed by atoms with Crippen LogP contribution in [-0.4, -0.2) is 19.9 Å². The van der Waals surface area contributed by atoms with Gasteiger partial charge < -0.3 is 15.3 Å². The summed E-state index contributed by atoms with van der Waals surface area (Å²) in [6.45, 7) is 0. The van der Waals surface area contributed by atoms with Crippen LogP contribution in [0.15, 0.2) is 39.9 Å². The molecule has 0 radical (unpaired) electrons. The van der Waals surface area contributed by atoms with Crippen LogP contribution in [0.2, 0.25) is 10.0 Å². The molecule has 4 N–H and O–H groups in total. The average molecular weight is 362 g/mol. The molecule has 2 aromatic carbocycles. The zero-order valence-corrected chi connectivity index (χ0v) is 13.4. The van der Waals surface area contributed by atoms with Crippen LogP contribution in [0.25, 0.3) is 21.9 Å². The van der Waals surface area contributed by atoms with E-state index in [1.165, 1.54) is 0 Å². The van der Waals surface area contributed by atoms with Gasteiger partial charge >= 0.3 is 5.69 Å². The van der Waals surface area contributed by atoms with E-state index in [4.69, 9.17) is 23.2 Å². The van der Waals surface area contributed by atoms with Gasteiger partial charge in [0.1, 0.15) is 5.52 Å². The van der Waals surface area contributed by atoms with Crippen LogP contribution in [0, 0.1) is 0 Å². The topological polar surface area (TPSA) is 106 Å². The Morgan fingerprint density at radius 2 is 1.62 bits per heavy atom. The van der Waals surface area contributed by atoms with E-state index in [0.29, 0.717) is 43.6 Å². The Morgan fingerprint density at radius 1 is 0.917 bits per heavy atom. The van der Waals surface area contributed by atoms with Gasteiger partial charge in [-0.25, -0.2) is 9.78 Å². The van der Waals surface area contributed by atoms with Gasteiger partial charge in [-0.1, -0.05) is 29.3 Å². The van der Waals surface area contributed by atoms with Crippen molar-refractivity contribution in [2.24, 2.45) is 0 Å². The smallest absolute Gasteiger partial charge is 0.324 e. The van der Waals surface area contributed by atoms with Crippen LogP contribution >= 0.6 is 23.2 Å².